The van der Waals surface area contributed by atoms with E-state index in [4.69, 9.17) is 0 Å². The predicted molar refractivity (Wildman–Crippen MR) is 74.9 cm³/mol. The van der Waals surface area contributed by atoms with Crippen LogP contribution in [0.3, 0.4) is 0 Å². The molecule has 1 fully saturated rings. The number of rotatable bonds is 5. The lowest BCUT2D eigenvalue weighted by atomic mass is 9.86. The van der Waals surface area contributed by atoms with Crippen LogP contribution in [0.15, 0.2) is 12.4 Å². The molecule has 4 heteroatoms. The Hall–Kier alpha value is -0.870. The highest BCUT2D eigenvalue weighted by molar-refractivity contribution is 4.99. The number of aryl methyl sites for hydroxylation is 1. The first kappa shape index (κ1) is 14.5. The van der Waals surface area contributed by atoms with Crippen molar-refractivity contribution in [2.24, 2.45) is 0 Å². The fraction of sp³-hybridized carbons (Fsp3) is 0.800. The van der Waals surface area contributed by atoms with E-state index >= 15 is 0 Å². The molecule has 1 aliphatic carbocycles. The van der Waals surface area contributed by atoms with E-state index in [0.717, 1.165) is 31.6 Å². The standard InChI is InChI=1S/C15H26N2O2/c1-2-10-17-11-9-16-14(17)12-13(18)15(19)7-5-3-4-6-8-15/h9,11,13,18-19H,2-8,10,12H2,1H3. The lowest BCUT2D eigenvalue weighted by Crippen LogP contribution is -2.43. The van der Waals surface area contributed by atoms with Gasteiger partial charge in [0.2, 0.25) is 0 Å². The van der Waals surface area contributed by atoms with Gasteiger partial charge in [0.25, 0.3) is 0 Å². The van der Waals surface area contributed by atoms with Crippen molar-refractivity contribution < 1.29 is 10.2 Å². The minimum Gasteiger partial charge on any atom is -0.390 e. The predicted octanol–water partition coefficient (Wildman–Crippen LogP) is 2.28. The number of nitrogens with zero attached hydrogens (tertiary/aromatic N) is 2. The molecule has 0 aromatic carbocycles. The van der Waals surface area contributed by atoms with E-state index in [1.165, 1.54) is 12.8 Å². The van der Waals surface area contributed by atoms with E-state index < -0.39 is 11.7 Å². The SMILES string of the molecule is CCCn1ccnc1CC(O)C1(O)CCCCCC1. The van der Waals surface area contributed by atoms with Crippen LogP contribution in [0, 0.1) is 0 Å². The van der Waals surface area contributed by atoms with E-state index in [1.54, 1.807) is 6.20 Å². The Labute approximate surface area is 115 Å². The summed E-state index contributed by atoms with van der Waals surface area (Å²) >= 11 is 0. The number of imidazole rings is 1. The van der Waals surface area contributed by atoms with E-state index in [9.17, 15) is 10.2 Å². The largest absolute Gasteiger partial charge is 0.390 e. The van der Waals surface area contributed by atoms with Crippen molar-refractivity contribution in [3.05, 3.63) is 18.2 Å². The van der Waals surface area contributed by atoms with Crippen LogP contribution >= 0.6 is 0 Å². The monoisotopic (exact) mass is 266 g/mol. The first-order valence-corrected chi connectivity index (χ1v) is 7.56. The van der Waals surface area contributed by atoms with E-state index in [1.807, 2.05) is 6.20 Å². The summed E-state index contributed by atoms with van der Waals surface area (Å²) in [7, 11) is 0. The van der Waals surface area contributed by atoms with Crippen molar-refractivity contribution in [1.29, 1.82) is 0 Å². The Morgan fingerprint density at radius 2 is 2.00 bits per heavy atom. The minimum atomic E-state index is -0.917. The summed E-state index contributed by atoms with van der Waals surface area (Å²) in [5, 5.41) is 21.1. The first-order chi connectivity index (χ1) is 9.15. The molecule has 1 aromatic heterocycles. The molecule has 2 N–H and O–H groups in total. The molecule has 1 saturated carbocycles. The third-order valence-corrected chi connectivity index (χ3v) is 4.23. The van der Waals surface area contributed by atoms with Crippen LogP contribution in [-0.2, 0) is 13.0 Å². The highest BCUT2D eigenvalue weighted by Gasteiger charge is 2.36. The minimum absolute atomic E-state index is 0.448. The molecule has 0 radical (unpaired) electrons. The van der Waals surface area contributed by atoms with Gasteiger partial charge in [-0.15, -0.1) is 0 Å². The van der Waals surface area contributed by atoms with Gasteiger partial charge in [0, 0.05) is 25.4 Å². The quantitative estimate of drug-likeness (QED) is 0.804. The Morgan fingerprint density at radius 3 is 2.63 bits per heavy atom. The molecule has 4 nitrogen and oxygen atoms in total. The van der Waals surface area contributed by atoms with Gasteiger partial charge in [0.1, 0.15) is 5.82 Å². The number of aliphatic hydroxyl groups excluding tert-OH is 1. The normalized spacial score (nSPS) is 21.0. The molecule has 0 amide bonds. The molecule has 0 spiro atoms. The zero-order valence-electron chi connectivity index (χ0n) is 11.9. The summed E-state index contributed by atoms with van der Waals surface area (Å²) in [4.78, 5) is 4.32. The van der Waals surface area contributed by atoms with Gasteiger partial charge in [-0.25, -0.2) is 4.98 Å². The van der Waals surface area contributed by atoms with Crippen molar-refractivity contribution in [3.8, 4) is 0 Å². The summed E-state index contributed by atoms with van der Waals surface area (Å²) < 4.78 is 2.07. The van der Waals surface area contributed by atoms with Crippen molar-refractivity contribution in [1.82, 2.24) is 9.55 Å². The van der Waals surface area contributed by atoms with Crippen LogP contribution in [0.2, 0.25) is 0 Å². The maximum absolute atomic E-state index is 10.7. The second-order valence-corrected chi connectivity index (χ2v) is 5.77. The van der Waals surface area contributed by atoms with E-state index in [2.05, 4.69) is 16.5 Å². The Kier molecular flexibility index (Phi) is 4.99. The number of aliphatic hydroxyl groups is 2. The smallest absolute Gasteiger partial charge is 0.111 e. The average molecular weight is 266 g/mol. The Bertz CT molecular complexity index is 381. The van der Waals surface area contributed by atoms with E-state index in [-0.39, 0.29) is 0 Å². The van der Waals surface area contributed by atoms with Crippen LogP contribution < -0.4 is 0 Å². The Balaban J connectivity index is 2.02. The second kappa shape index (κ2) is 6.53. The highest BCUT2D eigenvalue weighted by Crippen LogP contribution is 2.31. The van der Waals surface area contributed by atoms with Crippen LogP contribution in [-0.4, -0.2) is 31.5 Å². The topological polar surface area (TPSA) is 58.3 Å². The number of hydrogen-bond donors (Lipinski definition) is 2. The molecule has 1 aliphatic rings. The average Bonchev–Trinajstić information content (AvgIpc) is 2.69. The molecular weight excluding hydrogens is 240 g/mol. The molecule has 0 bridgehead atoms. The number of hydrogen-bond acceptors (Lipinski definition) is 3. The van der Waals surface area contributed by atoms with Gasteiger partial charge >= 0.3 is 0 Å². The van der Waals surface area contributed by atoms with Gasteiger partial charge in [-0.1, -0.05) is 32.6 Å². The highest BCUT2D eigenvalue weighted by atomic mass is 16.3. The fourth-order valence-corrected chi connectivity index (χ4v) is 3.01. The van der Waals surface area contributed by atoms with Gasteiger partial charge in [-0.3, -0.25) is 0 Å². The molecule has 2 rings (SSSR count). The van der Waals surface area contributed by atoms with Crippen molar-refractivity contribution in [2.75, 3.05) is 0 Å². The van der Waals surface area contributed by atoms with Gasteiger partial charge < -0.3 is 14.8 Å². The summed E-state index contributed by atoms with van der Waals surface area (Å²) in [6, 6.07) is 0. The van der Waals surface area contributed by atoms with Gasteiger partial charge in [-0.2, -0.15) is 0 Å². The van der Waals surface area contributed by atoms with E-state index in [0.29, 0.717) is 19.3 Å². The van der Waals surface area contributed by atoms with Crippen LogP contribution in [0.25, 0.3) is 0 Å². The maximum atomic E-state index is 10.7. The van der Waals surface area contributed by atoms with Gasteiger partial charge in [0.15, 0.2) is 0 Å². The van der Waals surface area contributed by atoms with Crippen LogP contribution in [0.1, 0.15) is 57.7 Å². The third kappa shape index (κ3) is 3.57. The molecule has 1 heterocycles. The molecule has 19 heavy (non-hydrogen) atoms. The Morgan fingerprint density at radius 1 is 1.32 bits per heavy atom. The molecular formula is C15H26N2O2. The summed E-state index contributed by atoms with van der Waals surface area (Å²) in [6.07, 6.45) is 10.3. The molecule has 108 valence electrons. The molecule has 0 saturated heterocycles. The van der Waals surface area contributed by atoms with Crippen molar-refractivity contribution in [3.63, 3.8) is 0 Å². The zero-order chi connectivity index (χ0) is 13.7. The summed E-state index contributed by atoms with van der Waals surface area (Å²) in [5.41, 5.74) is -0.917. The zero-order valence-corrected chi connectivity index (χ0v) is 11.9. The molecule has 1 aromatic rings. The third-order valence-electron chi connectivity index (χ3n) is 4.23. The van der Waals surface area contributed by atoms with Crippen LogP contribution in [0.4, 0.5) is 0 Å². The van der Waals surface area contributed by atoms with Gasteiger partial charge in [0.05, 0.1) is 11.7 Å². The molecule has 1 atom stereocenters. The van der Waals surface area contributed by atoms with Gasteiger partial charge in [-0.05, 0) is 19.3 Å². The lowest BCUT2D eigenvalue weighted by molar-refractivity contribution is -0.0846. The molecule has 1 unspecified atom stereocenters. The summed E-state index contributed by atoms with van der Waals surface area (Å²) in [6.45, 7) is 3.04. The molecule has 0 aliphatic heterocycles. The first-order valence-electron chi connectivity index (χ1n) is 7.56. The van der Waals surface area contributed by atoms with Crippen LogP contribution in [0.5, 0.6) is 0 Å². The second-order valence-electron chi connectivity index (χ2n) is 5.77. The van der Waals surface area contributed by atoms with Crippen molar-refractivity contribution in [2.45, 2.75) is 76.5 Å². The fourth-order valence-electron chi connectivity index (χ4n) is 3.01. The lowest BCUT2D eigenvalue weighted by Gasteiger charge is -2.32. The van der Waals surface area contributed by atoms with Crippen molar-refractivity contribution >= 4 is 0 Å². The number of aromatic nitrogens is 2. The maximum Gasteiger partial charge on any atom is 0.111 e. The summed E-state index contributed by atoms with van der Waals surface area (Å²) in [5.74, 6) is 0.882.